The van der Waals surface area contributed by atoms with Crippen LogP contribution in [-0.2, 0) is 0 Å². The van der Waals surface area contributed by atoms with Crippen LogP contribution in [0.2, 0.25) is 0 Å². The number of allylic oxidation sites excluding steroid dienone is 1. The van der Waals surface area contributed by atoms with Gasteiger partial charge < -0.3 is 11.5 Å². The first-order chi connectivity index (χ1) is 5.24. The zero-order valence-corrected chi connectivity index (χ0v) is 7.16. The molecule has 0 aromatic heterocycles. The van der Waals surface area contributed by atoms with Gasteiger partial charge >= 0.3 is 0 Å². The molecule has 0 saturated carbocycles. The van der Waals surface area contributed by atoms with Gasteiger partial charge in [0, 0.05) is 12.6 Å². The van der Waals surface area contributed by atoms with Crippen molar-refractivity contribution in [2.24, 2.45) is 23.3 Å². The Kier molecular flexibility index (Phi) is 3.09. The Bertz CT molecular complexity index is 142. The lowest BCUT2D eigenvalue weighted by Gasteiger charge is -2.24. The van der Waals surface area contributed by atoms with Crippen molar-refractivity contribution < 1.29 is 0 Å². The first-order valence-corrected chi connectivity index (χ1v) is 4.38. The summed E-state index contributed by atoms with van der Waals surface area (Å²) in [6.45, 7) is 2.84. The second-order valence-corrected chi connectivity index (χ2v) is 3.50. The molecule has 0 aromatic rings. The maximum absolute atomic E-state index is 5.82. The van der Waals surface area contributed by atoms with E-state index in [4.69, 9.17) is 11.5 Å². The highest BCUT2D eigenvalue weighted by atomic mass is 14.7. The summed E-state index contributed by atoms with van der Waals surface area (Å²) < 4.78 is 0. The van der Waals surface area contributed by atoms with Crippen molar-refractivity contribution in [2.75, 3.05) is 6.54 Å². The lowest BCUT2D eigenvalue weighted by atomic mass is 9.85. The largest absolute Gasteiger partial charge is 0.329 e. The molecule has 0 bridgehead atoms. The summed E-state index contributed by atoms with van der Waals surface area (Å²) in [7, 11) is 0. The van der Waals surface area contributed by atoms with E-state index in [1.165, 1.54) is 12.8 Å². The zero-order chi connectivity index (χ0) is 8.27. The van der Waals surface area contributed by atoms with Crippen molar-refractivity contribution >= 4 is 0 Å². The van der Waals surface area contributed by atoms with Gasteiger partial charge in [0.1, 0.15) is 0 Å². The van der Waals surface area contributed by atoms with Gasteiger partial charge in [0.05, 0.1) is 0 Å². The molecule has 0 spiro atoms. The molecule has 0 heterocycles. The Labute approximate surface area is 68.6 Å². The second kappa shape index (κ2) is 3.88. The van der Waals surface area contributed by atoms with Crippen molar-refractivity contribution in [3.05, 3.63) is 12.2 Å². The quantitative estimate of drug-likeness (QED) is 0.580. The third-order valence-corrected chi connectivity index (χ3v) is 2.46. The molecule has 3 atom stereocenters. The average Bonchev–Trinajstić information content (AvgIpc) is 2.05. The van der Waals surface area contributed by atoms with Crippen LogP contribution in [0.25, 0.3) is 0 Å². The molecule has 0 saturated heterocycles. The number of rotatable bonds is 2. The first-order valence-electron chi connectivity index (χ1n) is 4.38. The summed E-state index contributed by atoms with van der Waals surface area (Å²) in [5.41, 5.74) is 11.3. The van der Waals surface area contributed by atoms with Gasteiger partial charge in [-0.3, -0.25) is 0 Å². The number of hydrogen-bond acceptors (Lipinski definition) is 2. The van der Waals surface area contributed by atoms with Crippen molar-refractivity contribution in [1.82, 2.24) is 0 Å². The van der Waals surface area contributed by atoms with E-state index in [1.807, 2.05) is 0 Å². The van der Waals surface area contributed by atoms with E-state index in [1.54, 1.807) is 0 Å². The maximum Gasteiger partial charge on any atom is 0.0226 e. The van der Waals surface area contributed by atoms with Gasteiger partial charge in [-0.25, -0.2) is 0 Å². The molecular weight excluding hydrogens is 136 g/mol. The molecule has 1 aliphatic carbocycles. The normalized spacial score (nSPS) is 33.7. The predicted molar refractivity (Wildman–Crippen MR) is 48.1 cm³/mol. The van der Waals surface area contributed by atoms with Crippen LogP contribution in [0, 0.1) is 11.8 Å². The van der Waals surface area contributed by atoms with Crippen LogP contribution >= 0.6 is 0 Å². The highest BCUT2D eigenvalue weighted by molar-refractivity contribution is 5.00. The molecule has 2 nitrogen and oxygen atoms in total. The van der Waals surface area contributed by atoms with Crippen molar-refractivity contribution in [3.63, 3.8) is 0 Å². The minimum Gasteiger partial charge on any atom is -0.329 e. The third kappa shape index (κ3) is 2.31. The fourth-order valence-corrected chi connectivity index (χ4v) is 1.51. The van der Waals surface area contributed by atoms with Crippen LogP contribution in [-0.4, -0.2) is 12.6 Å². The summed E-state index contributed by atoms with van der Waals surface area (Å²) in [6, 6.07) is 0.166. The summed E-state index contributed by atoms with van der Waals surface area (Å²) in [5, 5.41) is 0. The molecule has 11 heavy (non-hydrogen) atoms. The van der Waals surface area contributed by atoms with E-state index < -0.39 is 0 Å². The highest BCUT2D eigenvalue weighted by Gasteiger charge is 2.17. The monoisotopic (exact) mass is 154 g/mol. The van der Waals surface area contributed by atoms with Crippen LogP contribution in [0.3, 0.4) is 0 Å². The lowest BCUT2D eigenvalue weighted by molar-refractivity contribution is 0.414. The zero-order valence-electron chi connectivity index (χ0n) is 7.16. The molecule has 1 aliphatic rings. The Balaban J connectivity index is 2.43. The third-order valence-electron chi connectivity index (χ3n) is 2.46. The Morgan fingerprint density at radius 3 is 2.64 bits per heavy atom. The molecule has 0 radical (unpaired) electrons. The van der Waals surface area contributed by atoms with Gasteiger partial charge in [0.15, 0.2) is 0 Å². The fraction of sp³-hybridized carbons (Fsp3) is 0.778. The molecule has 0 aliphatic heterocycles. The van der Waals surface area contributed by atoms with Crippen LogP contribution < -0.4 is 11.5 Å². The van der Waals surface area contributed by atoms with Gasteiger partial charge in [-0.15, -0.1) is 0 Å². The highest BCUT2D eigenvalue weighted by Crippen LogP contribution is 2.22. The summed E-state index contributed by atoms with van der Waals surface area (Å²) in [6.07, 6.45) is 6.94. The molecule has 4 N–H and O–H groups in total. The molecular formula is C9H18N2. The fourth-order valence-electron chi connectivity index (χ4n) is 1.51. The summed E-state index contributed by atoms with van der Waals surface area (Å²) in [4.78, 5) is 0. The minimum absolute atomic E-state index is 0.166. The van der Waals surface area contributed by atoms with Gasteiger partial charge in [0.2, 0.25) is 0 Å². The molecule has 0 amide bonds. The lowest BCUT2D eigenvalue weighted by Crippen LogP contribution is -2.37. The standard InChI is InChI=1S/C9H18N2/c1-7-2-4-8(5-3-7)9(11)6-10/h2,4,7-9H,3,5-6,10-11H2,1H3/t7?,8-,9+/m0/s1. The first kappa shape index (κ1) is 8.75. The van der Waals surface area contributed by atoms with Gasteiger partial charge in [-0.2, -0.15) is 0 Å². The maximum atomic E-state index is 5.82. The van der Waals surface area contributed by atoms with Gasteiger partial charge in [-0.1, -0.05) is 19.1 Å². The van der Waals surface area contributed by atoms with Gasteiger partial charge in [0.25, 0.3) is 0 Å². The molecule has 64 valence electrons. The SMILES string of the molecule is CC1C=C[C@H]([C@H](N)CN)CC1. The smallest absolute Gasteiger partial charge is 0.0226 e. The summed E-state index contributed by atoms with van der Waals surface area (Å²) in [5.74, 6) is 1.26. The Morgan fingerprint density at radius 2 is 2.18 bits per heavy atom. The van der Waals surface area contributed by atoms with Gasteiger partial charge in [-0.05, 0) is 24.7 Å². The van der Waals surface area contributed by atoms with E-state index >= 15 is 0 Å². The second-order valence-electron chi connectivity index (χ2n) is 3.50. The van der Waals surface area contributed by atoms with Crippen LogP contribution in [0.15, 0.2) is 12.2 Å². The van der Waals surface area contributed by atoms with Crippen LogP contribution in [0.1, 0.15) is 19.8 Å². The average molecular weight is 154 g/mol. The van der Waals surface area contributed by atoms with E-state index in [-0.39, 0.29) is 6.04 Å². The minimum atomic E-state index is 0.166. The number of nitrogens with two attached hydrogens (primary N) is 2. The molecule has 0 fully saturated rings. The molecule has 1 rings (SSSR count). The van der Waals surface area contributed by atoms with Crippen molar-refractivity contribution in [1.29, 1.82) is 0 Å². The topological polar surface area (TPSA) is 52.0 Å². The van der Waals surface area contributed by atoms with E-state index in [0.717, 1.165) is 5.92 Å². The van der Waals surface area contributed by atoms with E-state index in [9.17, 15) is 0 Å². The Hall–Kier alpha value is -0.340. The molecule has 1 unspecified atom stereocenters. The summed E-state index contributed by atoms with van der Waals surface area (Å²) >= 11 is 0. The van der Waals surface area contributed by atoms with Crippen LogP contribution in [0.5, 0.6) is 0 Å². The van der Waals surface area contributed by atoms with E-state index in [0.29, 0.717) is 12.5 Å². The molecule has 0 aromatic carbocycles. The number of hydrogen-bond donors (Lipinski definition) is 2. The molecule has 2 heteroatoms. The Morgan fingerprint density at radius 1 is 1.45 bits per heavy atom. The van der Waals surface area contributed by atoms with Crippen molar-refractivity contribution in [2.45, 2.75) is 25.8 Å². The van der Waals surface area contributed by atoms with Crippen molar-refractivity contribution in [3.8, 4) is 0 Å². The predicted octanol–water partition coefficient (Wildman–Crippen LogP) is 0.875. The van der Waals surface area contributed by atoms with Crippen LogP contribution in [0.4, 0.5) is 0 Å². The van der Waals surface area contributed by atoms with E-state index in [2.05, 4.69) is 19.1 Å².